The van der Waals surface area contributed by atoms with Gasteiger partial charge >= 0.3 is 0 Å². The number of benzene rings is 2. The zero-order valence-electron chi connectivity index (χ0n) is 19.4. The third-order valence-corrected chi connectivity index (χ3v) is 6.49. The molecule has 1 aliphatic heterocycles. The number of aromatic nitrogens is 1. The highest BCUT2D eigenvalue weighted by molar-refractivity contribution is 7.14. The number of thiazole rings is 1. The molecule has 2 amide bonds. The van der Waals surface area contributed by atoms with E-state index in [4.69, 9.17) is 4.74 Å². The topological polar surface area (TPSA) is 74.8 Å². The Balaban J connectivity index is 1.40. The van der Waals surface area contributed by atoms with Gasteiger partial charge in [-0.1, -0.05) is 30.3 Å². The van der Waals surface area contributed by atoms with E-state index >= 15 is 0 Å². The number of rotatable bonds is 8. The van der Waals surface area contributed by atoms with Crippen molar-refractivity contribution in [1.29, 1.82) is 0 Å². The Morgan fingerprint density at radius 2 is 1.89 bits per heavy atom. The van der Waals surface area contributed by atoms with E-state index in [2.05, 4.69) is 15.2 Å². The average Bonchev–Trinajstić information content (AvgIpc) is 3.33. The number of nitrogens with zero attached hydrogens (tertiary/aromatic N) is 3. The first-order valence-corrected chi connectivity index (χ1v) is 12.2. The molecule has 0 spiro atoms. The maximum Gasteiger partial charge on any atom is 0.244 e. The van der Waals surface area contributed by atoms with Gasteiger partial charge in [0.25, 0.3) is 0 Å². The number of halogens is 1. The van der Waals surface area contributed by atoms with Crippen LogP contribution in [-0.4, -0.2) is 54.5 Å². The van der Waals surface area contributed by atoms with Gasteiger partial charge in [0, 0.05) is 38.0 Å². The van der Waals surface area contributed by atoms with Gasteiger partial charge in [0.1, 0.15) is 5.82 Å². The first-order valence-electron chi connectivity index (χ1n) is 11.4. The lowest BCUT2D eigenvalue weighted by molar-refractivity contribution is -0.117. The smallest absolute Gasteiger partial charge is 0.244 e. The number of hydrogen-bond acceptors (Lipinski definition) is 6. The van der Waals surface area contributed by atoms with Crippen molar-refractivity contribution >= 4 is 40.0 Å². The number of para-hydroxylation sites is 1. The van der Waals surface area contributed by atoms with Gasteiger partial charge in [0.2, 0.25) is 11.8 Å². The summed E-state index contributed by atoms with van der Waals surface area (Å²) in [5, 5.41) is 5.28. The zero-order chi connectivity index (χ0) is 24.6. The monoisotopic (exact) mass is 494 g/mol. The van der Waals surface area contributed by atoms with Gasteiger partial charge in [-0.3, -0.25) is 19.4 Å². The van der Waals surface area contributed by atoms with Crippen LogP contribution < -0.4 is 10.2 Å². The molecular weight excluding hydrogens is 467 g/mol. The molecule has 0 saturated carbocycles. The van der Waals surface area contributed by atoms with Gasteiger partial charge in [-0.15, -0.1) is 11.3 Å². The van der Waals surface area contributed by atoms with E-state index in [1.807, 2.05) is 30.3 Å². The minimum atomic E-state index is -0.292. The molecule has 1 N–H and O–H groups in total. The first-order chi connectivity index (χ1) is 17.0. The molecule has 0 bridgehead atoms. The third kappa shape index (κ3) is 6.60. The van der Waals surface area contributed by atoms with Crippen LogP contribution in [0.25, 0.3) is 6.08 Å². The van der Waals surface area contributed by atoms with E-state index in [9.17, 15) is 14.0 Å². The lowest BCUT2D eigenvalue weighted by Crippen LogP contribution is -2.43. The molecule has 9 heteroatoms. The zero-order valence-corrected chi connectivity index (χ0v) is 20.2. The molecule has 1 unspecified atom stereocenters. The Morgan fingerprint density at radius 1 is 1.17 bits per heavy atom. The molecule has 1 saturated heterocycles. The number of anilines is 2. The van der Waals surface area contributed by atoms with E-state index in [1.54, 1.807) is 23.6 Å². The molecule has 1 fully saturated rings. The molecule has 7 nitrogen and oxygen atoms in total. The molecule has 3 aromatic rings. The highest BCUT2D eigenvalue weighted by atomic mass is 32.1. The lowest BCUT2D eigenvalue weighted by Gasteiger charge is -2.34. The Morgan fingerprint density at radius 3 is 2.57 bits per heavy atom. The molecule has 182 valence electrons. The van der Waals surface area contributed by atoms with Crippen LogP contribution in [0.15, 0.2) is 66.1 Å². The van der Waals surface area contributed by atoms with Gasteiger partial charge in [-0.05, 0) is 35.9 Å². The van der Waals surface area contributed by atoms with Crippen molar-refractivity contribution in [2.75, 3.05) is 37.7 Å². The van der Waals surface area contributed by atoms with E-state index in [0.717, 1.165) is 24.3 Å². The van der Waals surface area contributed by atoms with E-state index < -0.39 is 0 Å². The van der Waals surface area contributed by atoms with Crippen molar-refractivity contribution in [2.24, 2.45) is 0 Å². The summed E-state index contributed by atoms with van der Waals surface area (Å²) < 4.78 is 18.9. The van der Waals surface area contributed by atoms with Crippen LogP contribution in [0.1, 0.15) is 24.2 Å². The van der Waals surface area contributed by atoms with Gasteiger partial charge in [0.05, 0.1) is 30.6 Å². The average molecular weight is 495 g/mol. The minimum Gasteiger partial charge on any atom is -0.379 e. The molecule has 35 heavy (non-hydrogen) atoms. The molecule has 1 aliphatic rings. The summed E-state index contributed by atoms with van der Waals surface area (Å²) in [5.41, 5.74) is 2.26. The number of nitrogens with one attached hydrogen (secondary N) is 1. The SMILES string of the molecule is CC(=O)N(c1ccccc1)c1nc(/C=C/C(=O)NCC(c2ccc(F)cc2)N2CCOCC2)cs1. The Kier molecular flexibility index (Phi) is 8.36. The number of hydrogen-bond donors (Lipinski definition) is 1. The molecule has 0 aliphatic carbocycles. The molecule has 0 radical (unpaired) electrons. The molecule has 2 aromatic carbocycles. The van der Waals surface area contributed by atoms with Gasteiger partial charge in [0.15, 0.2) is 5.13 Å². The summed E-state index contributed by atoms with van der Waals surface area (Å²) >= 11 is 1.33. The van der Waals surface area contributed by atoms with Crippen LogP contribution >= 0.6 is 11.3 Å². The van der Waals surface area contributed by atoms with Gasteiger partial charge in [-0.25, -0.2) is 9.37 Å². The summed E-state index contributed by atoms with van der Waals surface area (Å²) in [4.78, 5) is 33.1. The second-order valence-electron chi connectivity index (χ2n) is 8.04. The highest BCUT2D eigenvalue weighted by Gasteiger charge is 2.23. The maximum absolute atomic E-state index is 13.4. The summed E-state index contributed by atoms with van der Waals surface area (Å²) in [6.07, 6.45) is 3.06. The number of morpholine rings is 1. The Hall–Kier alpha value is -3.40. The van der Waals surface area contributed by atoms with Gasteiger partial charge < -0.3 is 10.1 Å². The fraction of sp³-hybridized carbons (Fsp3) is 0.269. The normalized spacial score (nSPS) is 15.1. The quantitative estimate of drug-likeness (QED) is 0.476. The number of amides is 2. The number of carbonyl (C=O) groups is 2. The van der Waals surface area contributed by atoms with Crippen molar-refractivity contribution in [3.8, 4) is 0 Å². The van der Waals surface area contributed by atoms with Crippen LogP contribution in [0.4, 0.5) is 15.2 Å². The Bertz CT molecular complexity index is 1160. The van der Waals surface area contributed by atoms with Crippen LogP contribution in [0.2, 0.25) is 0 Å². The minimum absolute atomic E-state index is 0.0854. The van der Waals surface area contributed by atoms with Crippen molar-refractivity contribution in [3.63, 3.8) is 0 Å². The lowest BCUT2D eigenvalue weighted by atomic mass is 10.0. The third-order valence-electron chi connectivity index (χ3n) is 5.65. The largest absolute Gasteiger partial charge is 0.379 e. The van der Waals surface area contributed by atoms with Crippen molar-refractivity contribution in [1.82, 2.24) is 15.2 Å². The number of ether oxygens (including phenoxy) is 1. The van der Waals surface area contributed by atoms with Crippen molar-refractivity contribution in [2.45, 2.75) is 13.0 Å². The van der Waals surface area contributed by atoms with Crippen LogP contribution in [0.5, 0.6) is 0 Å². The van der Waals surface area contributed by atoms with E-state index in [1.165, 1.54) is 41.4 Å². The Labute approximate surface area is 207 Å². The maximum atomic E-state index is 13.4. The summed E-state index contributed by atoms with van der Waals surface area (Å²) in [5.74, 6) is -0.695. The van der Waals surface area contributed by atoms with Crippen LogP contribution in [0.3, 0.4) is 0 Å². The molecule has 4 rings (SSSR count). The van der Waals surface area contributed by atoms with Crippen LogP contribution in [0, 0.1) is 5.82 Å². The molecular formula is C26H27FN4O3S. The van der Waals surface area contributed by atoms with Crippen molar-refractivity contribution < 1.29 is 18.7 Å². The molecule has 1 aromatic heterocycles. The summed E-state index contributed by atoms with van der Waals surface area (Å²) in [6, 6.07) is 15.6. The fourth-order valence-corrected chi connectivity index (χ4v) is 4.76. The highest BCUT2D eigenvalue weighted by Crippen LogP contribution is 2.29. The van der Waals surface area contributed by atoms with Crippen molar-refractivity contribution in [3.05, 3.63) is 83.1 Å². The summed E-state index contributed by atoms with van der Waals surface area (Å²) in [6.45, 7) is 4.59. The predicted octanol–water partition coefficient (Wildman–Crippen LogP) is 4.17. The predicted molar refractivity (Wildman–Crippen MR) is 135 cm³/mol. The standard InChI is InChI=1S/C26H27FN4O3S/c1-19(32)31(23-5-3-2-4-6-23)26-29-22(18-35-26)11-12-25(33)28-17-24(30-13-15-34-16-14-30)20-7-9-21(27)10-8-20/h2-12,18,24H,13-17H2,1H3,(H,28,33)/b12-11+. The van der Waals surface area contributed by atoms with E-state index in [-0.39, 0.29) is 23.7 Å². The number of carbonyl (C=O) groups excluding carboxylic acids is 2. The first kappa shape index (κ1) is 24.7. The van der Waals surface area contributed by atoms with E-state index in [0.29, 0.717) is 30.6 Å². The second-order valence-corrected chi connectivity index (χ2v) is 8.88. The van der Waals surface area contributed by atoms with Crippen LogP contribution in [-0.2, 0) is 14.3 Å². The second kappa shape index (κ2) is 11.8. The molecule has 1 atom stereocenters. The van der Waals surface area contributed by atoms with Gasteiger partial charge in [-0.2, -0.15) is 0 Å². The molecule has 2 heterocycles. The summed E-state index contributed by atoms with van der Waals surface area (Å²) in [7, 11) is 0. The fourth-order valence-electron chi connectivity index (χ4n) is 3.91.